The molecule has 5 nitrogen and oxygen atoms in total. The van der Waals surface area contributed by atoms with Crippen molar-refractivity contribution in [2.45, 2.75) is 5.16 Å². The SMILES string of the molecule is COC(=O)CSc1ncn(-c2ccccc2)n1. The van der Waals surface area contributed by atoms with Crippen LogP contribution in [0.2, 0.25) is 0 Å². The Bertz CT molecular complexity index is 498. The molecule has 1 heterocycles. The first-order valence-corrected chi connectivity index (χ1v) is 5.95. The molecule has 0 aliphatic rings. The molecule has 0 atom stereocenters. The Labute approximate surface area is 103 Å². The fourth-order valence-electron chi connectivity index (χ4n) is 1.20. The molecule has 0 amide bonds. The molecule has 0 aliphatic heterocycles. The molecule has 17 heavy (non-hydrogen) atoms. The van der Waals surface area contributed by atoms with Gasteiger partial charge in [-0.1, -0.05) is 30.0 Å². The summed E-state index contributed by atoms with van der Waals surface area (Å²) in [6.45, 7) is 0. The van der Waals surface area contributed by atoms with Gasteiger partial charge >= 0.3 is 5.97 Å². The third-order valence-corrected chi connectivity index (χ3v) is 2.86. The summed E-state index contributed by atoms with van der Waals surface area (Å²) in [4.78, 5) is 15.1. The number of hydrogen-bond donors (Lipinski definition) is 0. The number of ether oxygens (including phenoxy) is 1. The molecule has 0 saturated heterocycles. The Hall–Kier alpha value is -1.82. The number of para-hydroxylation sites is 1. The summed E-state index contributed by atoms with van der Waals surface area (Å²) in [7, 11) is 1.36. The zero-order valence-corrected chi connectivity index (χ0v) is 10.1. The van der Waals surface area contributed by atoms with E-state index in [1.54, 1.807) is 11.0 Å². The van der Waals surface area contributed by atoms with Crippen LogP contribution in [0.3, 0.4) is 0 Å². The van der Waals surface area contributed by atoms with E-state index >= 15 is 0 Å². The molecule has 0 radical (unpaired) electrons. The molecule has 0 N–H and O–H groups in total. The fourth-order valence-corrected chi connectivity index (χ4v) is 1.83. The molecular formula is C11H11N3O2S. The number of thioether (sulfide) groups is 1. The average Bonchev–Trinajstić information content (AvgIpc) is 2.86. The molecule has 6 heteroatoms. The van der Waals surface area contributed by atoms with Crippen LogP contribution in [-0.2, 0) is 9.53 Å². The zero-order valence-electron chi connectivity index (χ0n) is 9.24. The summed E-state index contributed by atoms with van der Waals surface area (Å²) in [6, 6.07) is 9.66. The van der Waals surface area contributed by atoms with Crippen LogP contribution in [-0.4, -0.2) is 33.6 Å². The highest BCUT2D eigenvalue weighted by molar-refractivity contribution is 7.99. The van der Waals surface area contributed by atoms with E-state index in [1.807, 2.05) is 30.3 Å². The number of hydrogen-bond acceptors (Lipinski definition) is 5. The van der Waals surface area contributed by atoms with Crippen LogP contribution in [0.1, 0.15) is 0 Å². The van der Waals surface area contributed by atoms with Crippen molar-refractivity contribution in [1.82, 2.24) is 14.8 Å². The number of carbonyl (C=O) groups excluding carboxylic acids is 1. The van der Waals surface area contributed by atoms with Crippen molar-refractivity contribution in [1.29, 1.82) is 0 Å². The Morgan fingerprint density at radius 3 is 2.88 bits per heavy atom. The third kappa shape index (κ3) is 3.07. The van der Waals surface area contributed by atoms with Crippen LogP contribution in [0.4, 0.5) is 0 Å². The summed E-state index contributed by atoms with van der Waals surface area (Å²) >= 11 is 1.25. The van der Waals surface area contributed by atoms with Gasteiger partial charge in [-0.25, -0.2) is 9.67 Å². The van der Waals surface area contributed by atoms with Gasteiger partial charge in [0.25, 0.3) is 0 Å². The molecule has 1 aromatic heterocycles. The smallest absolute Gasteiger partial charge is 0.316 e. The minimum Gasteiger partial charge on any atom is -0.468 e. The molecule has 0 bridgehead atoms. The highest BCUT2D eigenvalue weighted by Crippen LogP contribution is 2.13. The van der Waals surface area contributed by atoms with Crippen molar-refractivity contribution < 1.29 is 9.53 Å². The number of nitrogens with zero attached hydrogens (tertiary/aromatic N) is 3. The van der Waals surface area contributed by atoms with Gasteiger partial charge in [0, 0.05) is 0 Å². The lowest BCUT2D eigenvalue weighted by atomic mass is 10.3. The Kier molecular flexibility index (Phi) is 3.77. The lowest BCUT2D eigenvalue weighted by Gasteiger charge is -1.98. The number of carbonyl (C=O) groups is 1. The maximum atomic E-state index is 11.0. The van der Waals surface area contributed by atoms with Crippen LogP contribution in [0.25, 0.3) is 5.69 Å². The number of benzene rings is 1. The minimum absolute atomic E-state index is 0.218. The quantitative estimate of drug-likeness (QED) is 0.607. The van der Waals surface area contributed by atoms with Crippen LogP contribution in [0.15, 0.2) is 41.8 Å². The fraction of sp³-hybridized carbons (Fsp3) is 0.182. The summed E-state index contributed by atoms with van der Waals surface area (Å²) in [5.41, 5.74) is 0.935. The van der Waals surface area contributed by atoms with Gasteiger partial charge in [-0.3, -0.25) is 4.79 Å². The van der Waals surface area contributed by atoms with E-state index < -0.39 is 0 Å². The molecule has 0 unspecified atom stereocenters. The van der Waals surface area contributed by atoms with E-state index in [0.717, 1.165) is 5.69 Å². The number of methoxy groups -OCH3 is 1. The molecule has 0 spiro atoms. The second kappa shape index (κ2) is 5.49. The molecule has 88 valence electrons. The highest BCUT2D eigenvalue weighted by Gasteiger charge is 2.06. The summed E-state index contributed by atoms with van der Waals surface area (Å²) < 4.78 is 6.21. The first-order valence-electron chi connectivity index (χ1n) is 4.96. The van der Waals surface area contributed by atoms with Crippen molar-refractivity contribution in [3.8, 4) is 5.69 Å². The van der Waals surface area contributed by atoms with Gasteiger partial charge in [0.15, 0.2) is 0 Å². The normalized spacial score (nSPS) is 10.2. The molecule has 0 saturated carbocycles. The van der Waals surface area contributed by atoms with Crippen molar-refractivity contribution in [2.24, 2.45) is 0 Å². The highest BCUT2D eigenvalue weighted by atomic mass is 32.2. The first kappa shape index (κ1) is 11.7. The predicted octanol–water partition coefficient (Wildman–Crippen LogP) is 1.53. The van der Waals surface area contributed by atoms with Crippen molar-refractivity contribution in [3.05, 3.63) is 36.7 Å². The second-order valence-corrected chi connectivity index (χ2v) is 4.11. The van der Waals surface area contributed by atoms with Gasteiger partial charge in [0.1, 0.15) is 6.33 Å². The van der Waals surface area contributed by atoms with Gasteiger partial charge in [-0.2, -0.15) is 0 Å². The van der Waals surface area contributed by atoms with E-state index in [2.05, 4.69) is 14.8 Å². The Morgan fingerprint density at radius 2 is 2.18 bits per heavy atom. The van der Waals surface area contributed by atoms with Gasteiger partial charge in [-0.15, -0.1) is 5.10 Å². The summed E-state index contributed by atoms with van der Waals surface area (Å²) in [5, 5.41) is 4.80. The third-order valence-electron chi connectivity index (χ3n) is 2.04. The summed E-state index contributed by atoms with van der Waals surface area (Å²) in [5.74, 6) is -0.0685. The average molecular weight is 249 g/mol. The lowest BCUT2D eigenvalue weighted by molar-refractivity contribution is -0.137. The minimum atomic E-state index is -0.286. The standard InChI is InChI=1S/C11H11N3O2S/c1-16-10(15)7-17-11-12-8-14(13-11)9-5-3-2-4-6-9/h2-6,8H,7H2,1H3. The molecule has 1 aromatic carbocycles. The number of rotatable bonds is 4. The van der Waals surface area contributed by atoms with Crippen LogP contribution in [0, 0.1) is 0 Å². The van der Waals surface area contributed by atoms with Gasteiger partial charge in [0.2, 0.25) is 5.16 Å². The topological polar surface area (TPSA) is 57.0 Å². The first-order chi connectivity index (χ1) is 8.29. The van der Waals surface area contributed by atoms with E-state index in [4.69, 9.17) is 0 Å². The second-order valence-electron chi connectivity index (χ2n) is 3.17. The van der Waals surface area contributed by atoms with E-state index in [9.17, 15) is 4.79 Å². The molecule has 2 rings (SSSR count). The molecular weight excluding hydrogens is 238 g/mol. The monoisotopic (exact) mass is 249 g/mol. The Balaban J connectivity index is 2.04. The van der Waals surface area contributed by atoms with E-state index in [1.165, 1.54) is 18.9 Å². The number of esters is 1. The van der Waals surface area contributed by atoms with Gasteiger partial charge in [-0.05, 0) is 12.1 Å². The van der Waals surface area contributed by atoms with Crippen LogP contribution >= 0.6 is 11.8 Å². The van der Waals surface area contributed by atoms with Crippen molar-refractivity contribution >= 4 is 17.7 Å². The lowest BCUT2D eigenvalue weighted by Crippen LogP contribution is -2.03. The zero-order chi connectivity index (χ0) is 12.1. The van der Waals surface area contributed by atoms with Crippen LogP contribution in [0.5, 0.6) is 0 Å². The largest absolute Gasteiger partial charge is 0.468 e. The number of aromatic nitrogens is 3. The Morgan fingerprint density at radius 1 is 1.41 bits per heavy atom. The van der Waals surface area contributed by atoms with Crippen molar-refractivity contribution in [2.75, 3.05) is 12.9 Å². The van der Waals surface area contributed by atoms with Gasteiger partial charge in [0.05, 0.1) is 18.6 Å². The summed E-state index contributed by atoms with van der Waals surface area (Å²) in [6.07, 6.45) is 1.62. The van der Waals surface area contributed by atoms with Crippen LogP contribution < -0.4 is 0 Å². The molecule has 2 aromatic rings. The van der Waals surface area contributed by atoms with Gasteiger partial charge < -0.3 is 4.74 Å². The van der Waals surface area contributed by atoms with Crippen molar-refractivity contribution in [3.63, 3.8) is 0 Å². The maximum absolute atomic E-state index is 11.0. The van der Waals surface area contributed by atoms with E-state index in [-0.39, 0.29) is 11.7 Å². The molecule has 0 aliphatic carbocycles. The van der Waals surface area contributed by atoms with E-state index in [0.29, 0.717) is 5.16 Å². The predicted molar refractivity (Wildman–Crippen MR) is 64.1 cm³/mol. The molecule has 0 fully saturated rings. The maximum Gasteiger partial charge on any atom is 0.316 e.